The maximum atomic E-state index is 9.32. The number of aromatic nitrogens is 3. The van der Waals surface area contributed by atoms with E-state index >= 15 is 0 Å². The first kappa shape index (κ1) is 8.69. The fourth-order valence-electron chi connectivity index (χ4n) is 1.94. The molecule has 0 amide bonds. The second kappa shape index (κ2) is 3.87. The number of aliphatic hydroxyl groups excluding tert-OH is 1. The van der Waals surface area contributed by atoms with Gasteiger partial charge in [-0.15, -0.1) is 10.2 Å². The number of hydrogen-bond donors (Lipinski definition) is 1. The van der Waals surface area contributed by atoms with Crippen LogP contribution in [-0.2, 0) is 6.54 Å². The molecule has 0 aromatic carbocycles. The number of aliphatic hydroxyl groups is 1. The minimum Gasteiger partial charge on any atom is -0.393 e. The molecule has 4 heteroatoms. The zero-order valence-corrected chi connectivity index (χ0v) is 7.63. The molecule has 72 valence electrons. The Morgan fingerprint density at radius 3 is 2.38 bits per heavy atom. The molecule has 1 aliphatic rings. The Labute approximate surface area is 77.6 Å². The van der Waals surface area contributed by atoms with Crippen molar-refractivity contribution in [3.8, 4) is 0 Å². The minimum atomic E-state index is -0.0582. The van der Waals surface area contributed by atoms with Gasteiger partial charge in [0.1, 0.15) is 12.7 Å². The lowest BCUT2D eigenvalue weighted by molar-refractivity contribution is 0.104. The number of hydrogen-bond acceptors (Lipinski definition) is 3. The van der Waals surface area contributed by atoms with Gasteiger partial charge in [0.2, 0.25) is 0 Å². The maximum absolute atomic E-state index is 9.32. The molecule has 1 saturated carbocycles. The molecule has 0 bridgehead atoms. The van der Waals surface area contributed by atoms with Crippen molar-refractivity contribution in [2.75, 3.05) is 0 Å². The van der Waals surface area contributed by atoms with Crippen LogP contribution in [0.15, 0.2) is 12.7 Å². The molecular weight excluding hydrogens is 166 g/mol. The lowest BCUT2D eigenvalue weighted by Crippen LogP contribution is -2.21. The van der Waals surface area contributed by atoms with Crippen molar-refractivity contribution in [3.05, 3.63) is 12.7 Å². The lowest BCUT2D eigenvalue weighted by atomic mass is 9.87. The van der Waals surface area contributed by atoms with Crippen molar-refractivity contribution < 1.29 is 5.11 Å². The summed E-state index contributed by atoms with van der Waals surface area (Å²) in [7, 11) is 0. The van der Waals surface area contributed by atoms with Crippen molar-refractivity contribution in [2.45, 2.75) is 38.3 Å². The van der Waals surface area contributed by atoms with Crippen LogP contribution in [0.3, 0.4) is 0 Å². The van der Waals surface area contributed by atoms with Crippen LogP contribution in [0.1, 0.15) is 25.7 Å². The Kier molecular flexibility index (Phi) is 2.59. The Morgan fingerprint density at radius 2 is 1.77 bits per heavy atom. The van der Waals surface area contributed by atoms with Gasteiger partial charge in [0, 0.05) is 6.54 Å². The van der Waals surface area contributed by atoms with Crippen LogP contribution in [0.5, 0.6) is 0 Å². The third kappa shape index (κ3) is 2.28. The highest BCUT2D eigenvalue weighted by Crippen LogP contribution is 2.25. The van der Waals surface area contributed by atoms with Crippen molar-refractivity contribution in [1.29, 1.82) is 0 Å². The predicted octanol–water partition coefficient (Wildman–Crippen LogP) is 0.829. The summed E-state index contributed by atoms with van der Waals surface area (Å²) in [6.07, 6.45) is 7.60. The average molecular weight is 181 g/mol. The molecule has 4 nitrogen and oxygen atoms in total. The SMILES string of the molecule is OC1CCC(Cn2cnnc2)CC1. The van der Waals surface area contributed by atoms with E-state index in [-0.39, 0.29) is 6.10 Å². The van der Waals surface area contributed by atoms with Gasteiger partial charge in [-0.05, 0) is 31.6 Å². The van der Waals surface area contributed by atoms with Crippen LogP contribution in [0, 0.1) is 5.92 Å². The zero-order chi connectivity index (χ0) is 9.10. The Hall–Kier alpha value is -0.900. The monoisotopic (exact) mass is 181 g/mol. The second-order valence-corrected chi connectivity index (χ2v) is 3.83. The highest BCUT2D eigenvalue weighted by atomic mass is 16.3. The van der Waals surface area contributed by atoms with Crippen LogP contribution in [0.4, 0.5) is 0 Å². The van der Waals surface area contributed by atoms with Crippen molar-refractivity contribution in [1.82, 2.24) is 14.8 Å². The van der Waals surface area contributed by atoms with Gasteiger partial charge in [-0.1, -0.05) is 0 Å². The summed E-state index contributed by atoms with van der Waals surface area (Å²) in [5.41, 5.74) is 0. The van der Waals surface area contributed by atoms with Gasteiger partial charge in [-0.2, -0.15) is 0 Å². The fraction of sp³-hybridized carbons (Fsp3) is 0.778. The molecule has 1 fully saturated rings. The molecule has 0 spiro atoms. The second-order valence-electron chi connectivity index (χ2n) is 3.83. The van der Waals surface area contributed by atoms with Gasteiger partial charge in [-0.25, -0.2) is 0 Å². The summed E-state index contributed by atoms with van der Waals surface area (Å²) in [5.74, 6) is 0.694. The molecule has 1 N–H and O–H groups in total. The minimum absolute atomic E-state index is 0.0582. The molecular formula is C9H15N3O. The third-order valence-electron chi connectivity index (χ3n) is 2.75. The molecule has 1 aliphatic carbocycles. The molecule has 0 unspecified atom stereocenters. The van der Waals surface area contributed by atoms with E-state index in [2.05, 4.69) is 10.2 Å². The summed E-state index contributed by atoms with van der Waals surface area (Å²) < 4.78 is 2.02. The number of rotatable bonds is 2. The average Bonchev–Trinajstić information content (AvgIpc) is 2.62. The van der Waals surface area contributed by atoms with Crippen LogP contribution in [-0.4, -0.2) is 26.0 Å². The standard InChI is InChI=1S/C9H15N3O/c13-9-3-1-8(2-4-9)5-12-6-10-11-7-12/h6-9,13H,1-5H2. The molecule has 1 aromatic heterocycles. The maximum Gasteiger partial charge on any atom is 0.119 e. The molecule has 13 heavy (non-hydrogen) atoms. The lowest BCUT2D eigenvalue weighted by Gasteiger charge is -2.25. The Bertz CT molecular complexity index is 239. The van der Waals surface area contributed by atoms with Crippen LogP contribution in [0.2, 0.25) is 0 Å². The molecule has 0 atom stereocenters. The van der Waals surface area contributed by atoms with Gasteiger partial charge in [0.05, 0.1) is 6.10 Å². The zero-order valence-electron chi connectivity index (χ0n) is 7.63. The highest BCUT2D eigenvalue weighted by Gasteiger charge is 2.19. The molecule has 0 aliphatic heterocycles. The van der Waals surface area contributed by atoms with E-state index in [9.17, 15) is 5.11 Å². The summed E-state index contributed by atoms with van der Waals surface area (Å²) in [5, 5.41) is 16.9. The summed E-state index contributed by atoms with van der Waals surface area (Å²) in [6, 6.07) is 0. The van der Waals surface area contributed by atoms with Crippen molar-refractivity contribution >= 4 is 0 Å². The van der Waals surface area contributed by atoms with E-state index in [1.165, 1.54) is 0 Å². The number of nitrogens with zero attached hydrogens (tertiary/aromatic N) is 3. The van der Waals surface area contributed by atoms with E-state index in [1.54, 1.807) is 12.7 Å². The molecule has 0 saturated heterocycles. The Balaban J connectivity index is 1.83. The molecule has 0 radical (unpaired) electrons. The first-order valence-electron chi connectivity index (χ1n) is 4.85. The van der Waals surface area contributed by atoms with E-state index in [0.29, 0.717) is 5.92 Å². The van der Waals surface area contributed by atoms with E-state index in [0.717, 1.165) is 32.2 Å². The van der Waals surface area contributed by atoms with Crippen LogP contribution >= 0.6 is 0 Å². The van der Waals surface area contributed by atoms with Crippen LogP contribution < -0.4 is 0 Å². The van der Waals surface area contributed by atoms with E-state index < -0.39 is 0 Å². The van der Waals surface area contributed by atoms with Gasteiger partial charge in [0.15, 0.2) is 0 Å². The summed E-state index contributed by atoms with van der Waals surface area (Å²) >= 11 is 0. The van der Waals surface area contributed by atoms with Gasteiger partial charge in [0.25, 0.3) is 0 Å². The van der Waals surface area contributed by atoms with Crippen LogP contribution in [0.25, 0.3) is 0 Å². The topological polar surface area (TPSA) is 50.9 Å². The van der Waals surface area contributed by atoms with Crippen molar-refractivity contribution in [3.63, 3.8) is 0 Å². The molecule has 1 heterocycles. The predicted molar refractivity (Wildman–Crippen MR) is 48.0 cm³/mol. The van der Waals surface area contributed by atoms with Gasteiger partial charge in [-0.3, -0.25) is 0 Å². The quantitative estimate of drug-likeness (QED) is 0.735. The van der Waals surface area contributed by atoms with E-state index in [1.807, 2.05) is 4.57 Å². The fourth-order valence-corrected chi connectivity index (χ4v) is 1.94. The molecule has 2 rings (SSSR count). The van der Waals surface area contributed by atoms with Gasteiger partial charge < -0.3 is 9.67 Å². The van der Waals surface area contributed by atoms with Gasteiger partial charge >= 0.3 is 0 Å². The highest BCUT2D eigenvalue weighted by molar-refractivity contribution is 4.73. The van der Waals surface area contributed by atoms with Crippen molar-refractivity contribution in [2.24, 2.45) is 5.92 Å². The first-order chi connectivity index (χ1) is 6.34. The summed E-state index contributed by atoms with van der Waals surface area (Å²) in [6.45, 7) is 1.000. The molecule has 1 aromatic rings. The third-order valence-corrected chi connectivity index (χ3v) is 2.75. The Morgan fingerprint density at radius 1 is 1.15 bits per heavy atom. The normalized spacial score (nSPS) is 29.0. The smallest absolute Gasteiger partial charge is 0.119 e. The summed E-state index contributed by atoms with van der Waals surface area (Å²) in [4.78, 5) is 0. The largest absolute Gasteiger partial charge is 0.393 e. The van der Waals surface area contributed by atoms with E-state index in [4.69, 9.17) is 0 Å². The first-order valence-corrected chi connectivity index (χ1v) is 4.85.